The van der Waals surface area contributed by atoms with Crippen LogP contribution in [0.3, 0.4) is 0 Å². The number of ether oxygens (including phenoxy) is 2. The molecule has 0 N–H and O–H groups in total. The van der Waals surface area contributed by atoms with E-state index in [1.807, 2.05) is 0 Å². The predicted octanol–water partition coefficient (Wildman–Crippen LogP) is 2.49. The fraction of sp³-hybridized carbons (Fsp3) is 0.364. The third-order valence-corrected chi connectivity index (χ3v) is 2.46. The van der Waals surface area contributed by atoms with Crippen molar-refractivity contribution in [2.45, 2.75) is 12.8 Å². The molecule has 0 bridgehead atoms. The van der Waals surface area contributed by atoms with Crippen LogP contribution < -0.4 is 9.47 Å². The second kappa shape index (κ2) is 5.61. The minimum absolute atomic E-state index is 0.420. The molecule has 1 aromatic rings. The van der Waals surface area contributed by atoms with Gasteiger partial charge in [0.25, 0.3) is 0 Å². The van der Waals surface area contributed by atoms with Gasteiger partial charge in [0.15, 0.2) is 11.5 Å². The quantitative estimate of drug-likeness (QED) is 0.727. The fourth-order valence-electron chi connectivity index (χ4n) is 1.40. The van der Waals surface area contributed by atoms with Gasteiger partial charge >= 0.3 is 0 Å². The van der Waals surface area contributed by atoms with Crippen molar-refractivity contribution in [1.29, 1.82) is 0 Å². The molecule has 0 saturated heterocycles. The number of halogens is 1. The largest absolute Gasteiger partial charge is 0.493 e. The van der Waals surface area contributed by atoms with Crippen LogP contribution in [0.4, 0.5) is 0 Å². The molecule has 0 aliphatic rings. The maximum atomic E-state index is 10.3. The zero-order valence-electron chi connectivity index (χ0n) is 8.75. The number of carbonyl (C=O) groups excluding carboxylic acids is 1. The monoisotopic (exact) mass is 228 g/mol. The summed E-state index contributed by atoms with van der Waals surface area (Å²) in [6.45, 7) is 0. The number of carbonyl (C=O) groups is 1. The van der Waals surface area contributed by atoms with Crippen molar-refractivity contribution in [3.05, 3.63) is 22.7 Å². The molecule has 0 atom stereocenters. The Hall–Kier alpha value is -1.22. The first kappa shape index (κ1) is 11.9. The molecule has 0 heterocycles. The molecule has 82 valence electrons. The Morgan fingerprint density at radius 3 is 2.60 bits per heavy atom. The lowest BCUT2D eigenvalue weighted by molar-refractivity contribution is -0.107. The topological polar surface area (TPSA) is 35.5 Å². The molecule has 1 aromatic carbocycles. The van der Waals surface area contributed by atoms with Gasteiger partial charge in [-0.25, -0.2) is 0 Å². The van der Waals surface area contributed by atoms with Gasteiger partial charge in [0.05, 0.1) is 14.2 Å². The van der Waals surface area contributed by atoms with Crippen LogP contribution in [0.25, 0.3) is 0 Å². The van der Waals surface area contributed by atoms with E-state index in [9.17, 15) is 4.79 Å². The van der Waals surface area contributed by atoms with E-state index in [0.29, 0.717) is 29.4 Å². The molecule has 0 radical (unpaired) electrons. The highest BCUT2D eigenvalue weighted by molar-refractivity contribution is 6.31. The zero-order valence-corrected chi connectivity index (χ0v) is 9.50. The molecule has 0 aromatic heterocycles. The molecule has 15 heavy (non-hydrogen) atoms. The Kier molecular flexibility index (Phi) is 4.43. The predicted molar refractivity (Wildman–Crippen MR) is 58.9 cm³/mol. The van der Waals surface area contributed by atoms with Crippen molar-refractivity contribution in [2.24, 2.45) is 0 Å². The summed E-state index contributed by atoms with van der Waals surface area (Å²) in [5.41, 5.74) is 0.811. The molecule has 0 amide bonds. The van der Waals surface area contributed by atoms with Crippen molar-refractivity contribution in [3.63, 3.8) is 0 Å². The second-order valence-corrected chi connectivity index (χ2v) is 3.37. The summed E-state index contributed by atoms with van der Waals surface area (Å²) in [5.74, 6) is 1.23. The number of hydrogen-bond acceptors (Lipinski definition) is 3. The van der Waals surface area contributed by atoms with Gasteiger partial charge in [0, 0.05) is 17.0 Å². The van der Waals surface area contributed by atoms with Crippen LogP contribution in [0.1, 0.15) is 12.0 Å². The smallest absolute Gasteiger partial charge is 0.165 e. The number of rotatable bonds is 5. The summed E-state index contributed by atoms with van der Waals surface area (Å²) in [6, 6.07) is 3.48. The first-order chi connectivity index (χ1) is 7.24. The van der Waals surface area contributed by atoms with Crippen molar-refractivity contribution < 1.29 is 14.3 Å². The third-order valence-electron chi connectivity index (χ3n) is 2.10. The van der Waals surface area contributed by atoms with Crippen LogP contribution in [0.5, 0.6) is 11.5 Å². The van der Waals surface area contributed by atoms with Crippen LogP contribution >= 0.6 is 11.6 Å². The standard InChI is InChI=1S/C11H13ClO3/c1-14-10-6-5-9(12)8(4-3-7-13)11(10)15-2/h5-7H,3-4H2,1-2H3. The Balaban J connectivity index is 3.13. The maximum Gasteiger partial charge on any atom is 0.165 e. The van der Waals surface area contributed by atoms with Crippen molar-refractivity contribution >= 4 is 17.9 Å². The van der Waals surface area contributed by atoms with Crippen molar-refractivity contribution in [3.8, 4) is 11.5 Å². The number of benzene rings is 1. The highest BCUT2D eigenvalue weighted by Gasteiger charge is 2.13. The van der Waals surface area contributed by atoms with E-state index in [1.54, 1.807) is 26.4 Å². The lowest BCUT2D eigenvalue weighted by Gasteiger charge is -2.13. The van der Waals surface area contributed by atoms with Crippen LogP contribution in [0.2, 0.25) is 5.02 Å². The lowest BCUT2D eigenvalue weighted by atomic mass is 10.1. The van der Waals surface area contributed by atoms with E-state index < -0.39 is 0 Å². The summed E-state index contributed by atoms with van der Waals surface area (Å²) < 4.78 is 10.4. The molecular weight excluding hydrogens is 216 g/mol. The highest BCUT2D eigenvalue weighted by Crippen LogP contribution is 2.36. The Morgan fingerprint density at radius 1 is 1.33 bits per heavy atom. The normalized spacial score (nSPS) is 9.80. The summed E-state index contributed by atoms with van der Waals surface area (Å²) >= 11 is 6.02. The maximum absolute atomic E-state index is 10.3. The molecule has 0 saturated carbocycles. The van der Waals surface area contributed by atoms with Crippen LogP contribution in [-0.2, 0) is 11.2 Å². The number of hydrogen-bond donors (Lipinski definition) is 0. The average molecular weight is 229 g/mol. The van der Waals surface area contributed by atoms with E-state index in [0.717, 1.165) is 11.8 Å². The molecule has 0 unspecified atom stereocenters. The Morgan fingerprint density at radius 2 is 2.07 bits per heavy atom. The summed E-state index contributed by atoms with van der Waals surface area (Å²) in [5, 5.41) is 0.592. The number of aldehydes is 1. The average Bonchev–Trinajstić information content (AvgIpc) is 2.27. The van der Waals surface area contributed by atoms with Crippen LogP contribution in [0.15, 0.2) is 12.1 Å². The lowest BCUT2D eigenvalue weighted by Crippen LogP contribution is -1.97. The summed E-state index contributed by atoms with van der Waals surface area (Å²) in [4.78, 5) is 10.3. The molecule has 0 spiro atoms. The van der Waals surface area contributed by atoms with Gasteiger partial charge in [0.2, 0.25) is 0 Å². The van der Waals surface area contributed by atoms with Gasteiger partial charge in [0.1, 0.15) is 6.29 Å². The summed E-state index contributed by atoms with van der Waals surface area (Å²) in [7, 11) is 3.12. The molecule has 0 aliphatic heterocycles. The van der Waals surface area contributed by atoms with Crippen molar-refractivity contribution in [1.82, 2.24) is 0 Å². The van der Waals surface area contributed by atoms with E-state index in [-0.39, 0.29) is 0 Å². The first-order valence-electron chi connectivity index (χ1n) is 4.57. The Bertz CT molecular complexity index is 350. The van der Waals surface area contributed by atoms with Gasteiger partial charge in [-0.2, -0.15) is 0 Å². The highest BCUT2D eigenvalue weighted by atomic mass is 35.5. The molecule has 0 fully saturated rings. The van der Waals surface area contributed by atoms with E-state index in [2.05, 4.69) is 0 Å². The fourth-order valence-corrected chi connectivity index (χ4v) is 1.65. The molecule has 4 heteroatoms. The SMILES string of the molecule is COc1ccc(Cl)c(CCC=O)c1OC. The van der Waals surface area contributed by atoms with Crippen molar-refractivity contribution in [2.75, 3.05) is 14.2 Å². The number of methoxy groups -OCH3 is 2. The van der Waals surface area contributed by atoms with Gasteiger partial charge in [-0.3, -0.25) is 0 Å². The summed E-state index contributed by atoms with van der Waals surface area (Å²) in [6.07, 6.45) is 1.83. The molecule has 3 nitrogen and oxygen atoms in total. The van der Waals surface area contributed by atoms with Crippen LogP contribution in [-0.4, -0.2) is 20.5 Å². The van der Waals surface area contributed by atoms with Gasteiger partial charge in [-0.15, -0.1) is 0 Å². The van der Waals surface area contributed by atoms with Crippen LogP contribution in [0, 0.1) is 0 Å². The molecular formula is C11H13ClO3. The van der Waals surface area contributed by atoms with Gasteiger partial charge in [-0.1, -0.05) is 11.6 Å². The third kappa shape index (κ3) is 2.63. The minimum Gasteiger partial charge on any atom is -0.493 e. The van der Waals surface area contributed by atoms with Gasteiger partial charge < -0.3 is 14.3 Å². The van der Waals surface area contributed by atoms with E-state index >= 15 is 0 Å². The van der Waals surface area contributed by atoms with Gasteiger partial charge in [-0.05, 0) is 18.6 Å². The van der Waals surface area contributed by atoms with E-state index in [4.69, 9.17) is 21.1 Å². The molecule has 0 aliphatic carbocycles. The van der Waals surface area contributed by atoms with E-state index in [1.165, 1.54) is 0 Å². The molecule has 1 rings (SSSR count). The second-order valence-electron chi connectivity index (χ2n) is 2.97. The Labute approximate surface area is 93.9 Å². The zero-order chi connectivity index (χ0) is 11.3. The first-order valence-corrected chi connectivity index (χ1v) is 4.95. The minimum atomic E-state index is 0.420.